The van der Waals surface area contributed by atoms with Crippen LogP contribution < -0.4 is 5.32 Å². The quantitative estimate of drug-likeness (QED) is 0.709. The highest BCUT2D eigenvalue weighted by molar-refractivity contribution is 9.10. The number of anilines is 1. The Balaban J connectivity index is 2.00. The van der Waals surface area contributed by atoms with Gasteiger partial charge < -0.3 is 5.32 Å². The van der Waals surface area contributed by atoms with Gasteiger partial charge >= 0.3 is 0 Å². The van der Waals surface area contributed by atoms with Crippen molar-refractivity contribution in [2.75, 3.05) is 24.7 Å². The van der Waals surface area contributed by atoms with E-state index in [-0.39, 0.29) is 13.1 Å². The molecule has 1 amide bonds. The predicted octanol–water partition coefficient (Wildman–Crippen LogP) is 2.94. The molecule has 1 N–H and O–H groups in total. The molecule has 6 nitrogen and oxygen atoms in total. The molecule has 9 heteroatoms. The normalized spacial score (nSPS) is 11.5. The molecular weight excluding hydrogens is 430 g/mol. The summed E-state index contributed by atoms with van der Waals surface area (Å²) in [6, 6.07) is 10.7. The van der Waals surface area contributed by atoms with Crippen LogP contribution in [-0.4, -0.2) is 43.0 Å². The van der Waals surface area contributed by atoms with E-state index in [1.165, 1.54) is 6.20 Å². The minimum Gasteiger partial charge on any atom is -0.310 e. The zero-order valence-electron chi connectivity index (χ0n) is 13.4. The number of amides is 1. The molecule has 0 unspecified atom stereocenters. The minimum absolute atomic E-state index is 0.205. The molecule has 2 rings (SSSR count). The Kier molecular flexibility index (Phi) is 6.95. The number of hydrogen-bond acceptors (Lipinski definition) is 4. The van der Waals surface area contributed by atoms with Crippen LogP contribution in [0, 0.1) is 0 Å². The third kappa shape index (κ3) is 6.74. The average molecular weight is 447 g/mol. The predicted molar refractivity (Wildman–Crippen MR) is 102 cm³/mol. The molecule has 1 aromatic carbocycles. The molecule has 1 heterocycles. The van der Waals surface area contributed by atoms with Gasteiger partial charge in [-0.25, -0.2) is 13.4 Å². The lowest BCUT2D eigenvalue weighted by molar-refractivity contribution is -0.116. The molecule has 2 aromatic rings. The summed E-state index contributed by atoms with van der Waals surface area (Å²) in [7, 11) is -3.52. The summed E-state index contributed by atoms with van der Waals surface area (Å²) in [5, 5.41) is 3.01. The number of carbonyl (C=O) groups excluding carboxylic acids is 1. The van der Waals surface area contributed by atoms with Crippen molar-refractivity contribution in [3.05, 3.63) is 57.7 Å². The maximum absolute atomic E-state index is 12.1. The lowest BCUT2D eigenvalue weighted by Crippen LogP contribution is -2.38. The van der Waals surface area contributed by atoms with Gasteiger partial charge in [-0.3, -0.25) is 4.79 Å². The van der Waals surface area contributed by atoms with Crippen LogP contribution in [0.4, 0.5) is 5.82 Å². The molecule has 0 radical (unpaired) electrons. The van der Waals surface area contributed by atoms with Crippen molar-refractivity contribution < 1.29 is 13.2 Å². The Bertz CT molecular complexity index is 844. The van der Waals surface area contributed by atoms with Gasteiger partial charge in [-0.05, 0) is 36.2 Å². The molecule has 0 aliphatic heterocycles. The second-order valence-electron chi connectivity index (χ2n) is 5.39. The van der Waals surface area contributed by atoms with Gasteiger partial charge in [-0.2, -0.15) is 4.31 Å². The maximum atomic E-state index is 12.1. The van der Waals surface area contributed by atoms with Crippen molar-refractivity contribution in [2.45, 2.75) is 6.42 Å². The van der Waals surface area contributed by atoms with Crippen LogP contribution in [0.15, 0.2) is 47.1 Å². The molecule has 0 saturated carbocycles. The van der Waals surface area contributed by atoms with Gasteiger partial charge in [0, 0.05) is 17.2 Å². The SMILES string of the molecule is CS(=O)(=O)N(CCc1cccc(Br)c1)CC(=O)Nc1ccc(Cl)cn1. The van der Waals surface area contributed by atoms with E-state index >= 15 is 0 Å². The summed E-state index contributed by atoms with van der Waals surface area (Å²) in [5.41, 5.74) is 0.975. The number of rotatable bonds is 7. The van der Waals surface area contributed by atoms with E-state index in [0.29, 0.717) is 17.3 Å². The first-order chi connectivity index (χ1) is 11.7. The summed E-state index contributed by atoms with van der Waals surface area (Å²) in [6.45, 7) is -0.0755. The van der Waals surface area contributed by atoms with E-state index in [0.717, 1.165) is 20.6 Å². The van der Waals surface area contributed by atoms with Crippen molar-refractivity contribution in [1.29, 1.82) is 0 Å². The summed E-state index contributed by atoms with van der Waals surface area (Å²) >= 11 is 9.12. The number of hydrogen-bond donors (Lipinski definition) is 1. The number of aromatic nitrogens is 1. The van der Waals surface area contributed by atoms with Gasteiger partial charge in [0.25, 0.3) is 0 Å². The zero-order chi connectivity index (χ0) is 18.4. The lowest BCUT2D eigenvalue weighted by Gasteiger charge is -2.19. The average Bonchev–Trinajstić information content (AvgIpc) is 2.52. The highest BCUT2D eigenvalue weighted by Crippen LogP contribution is 2.13. The third-order valence-electron chi connectivity index (χ3n) is 3.32. The first-order valence-electron chi connectivity index (χ1n) is 7.35. The van der Waals surface area contributed by atoms with E-state index in [1.807, 2.05) is 24.3 Å². The van der Waals surface area contributed by atoms with Crippen LogP contribution in [-0.2, 0) is 21.2 Å². The van der Waals surface area contributed by atoms with Gasteiger partial charge in [-0.1, -0.05) is 39.7 Å². The van der Waals surface area contributed by atoms with Crippen molar-refractivity contribution in [1.82, 2.24) is 9.29 Å². The van der Waals surface area contributed by atoms with Crippen LogP contribution in [0.1, 0.15) is 5.56 Å². The van der Waals surface area contributed by atoms with Crippen LogP contribution >= 0.6 is 27.5 Å². The van der Waals surface area contributed by atoms with Gasteiger partial charge in [-0.15, -0.1) is 0 Å². The topological polar surface area (TPSA) is 79.4 Å². The van der Waals surface area contributed by atoms with Crippen molar-refractivity contribution in [3.8, 4) is 0 Å². The molecule has 0 spiro atoms. The van der Waals surface area contributed by atoms with Crippen LogP contribution in [0.5, 0.6) is 0 Å². The lowest BCUT2D eigenvalue weighted by atomic mass is 10.1. The molecule has 25 heavy (non-hydrogen) atoms. The minimum atomic E-state index is -3.52. The fraction of sp³-hybridized carbons (Fsp3) is 0.250. The Morgan fingerprint density at radius 3 is 2.68 bits per heavy atom. The Morgan fingerprint density at radius 2 is 2.08 bits per heavy atom. The number of pyridine rings is 1. The number of nitrogens with one attached hydrogen (secondary N) is 1. The number of nitrogens with zero attached hydrogens (tertiary/aromatic N) is 2. The van der Waals surface area contributed by atoms with E-state index in [9.17, 15) is 13.2 Å². The molecular formula is C16H17BrClN3O3S. The first kappa shape index (κ1) is 19.8. The van der Waals surface area contributed by atoms with Gasteiger partial charge in [0.15, 0.2) is 0 Å². The van der Waals surface area contributed by atoms with Crippen LogP contribution in [0.25, 0.3) is 0 Å². The highest BCUT2D eigenvalue weighted by Gasteiger charge is 2.20. The standard InChI is InChI=1S/C16H17BrClN3O3S/c1-25(23,24)21(8-7-12-3-2-4-13(17)9-12)11-16(22)20-15-6-5-14(18)10-19-15/h2-6,9-10H,7-8,11H2,1H3,(H,19,20,22). The first-order valence-corrected chi connectivity index (χ1v) is 10.4. The number of benzene rings is 1. The van der Waals surface area contributed by atoms with E-state index in [1.54, 1.807) is 12.1 Å². The van der Waals surface area contributed by atoms with Crippen molar-refractivity contribution in [3.63, 3.8) is 0 Å². The monoisotopic (exact) mass is 445 g/mol. The summed E-state index contributed by atoms with van der Waals surface area (Å²) in [4.78, 5) is 16.1. The van der Waals surface area contributed by atoms with Crippen molar-refractivity contribution >= 4 is 49.3 Å². The Hall–Kier alpha value is -1.48. The second-order valence-corrected chi connectivity index (χ2v) is 8.72. The molecule has 134 valence electrons. The molecule has 0 fully saturated rings. The second kappa shape index (κ2) is 8.75. The van der Waals surface area contributed by atoms with E-state index in [2.05, 4.69) is 26.2 Å². The molecule has 1 aromatic heterocycles. The summed E-state index contributed by atoms with van der Waals surface area (Å²) in [5.74, 6) is -0.149. The molecule has 0 atom stereocenters. The van der Waals surface area contributed by atoms with Gasteiger partial charge in [0.05, 0.1) is 17.8 Å². The Labute approximate surface area is 160 Å². The molecule has 0 aliphatic rings. The fourth-order valence-electron chi connectivity index (χ4n) is 2.10. The maximum Gasteiger partial charge on any atom is 0.240 e. The van der Waals surface area contributed by atoms with Crippen LogP contribution in [0.3, 0.4) is 0 Å². The summed E-state index contributed by atoms with van der Waals surface area (Å²) < 4.78 is 26.0. The largest absolute Gasteiger partial charge is 0.310 e. The van der Waals surface area contributed by atoms with Crippen LogP contribution in [0.2, 0.25) is 5.02 Å². The fourth-order valence-corrected chi connectivity index (χ4v) is 3.43. The zero-order valence-corrected chi connectivity index (χ0v) is 16.6. The van der Waals surface area contributed by atoms with Gasteiger partial charge in [0.2, 0.25) is 15.9 Å². The molecule has 0 bridgehead atoms. The Morgan fingerprint density at radius 1 is 1.32 bits per heavy atom. The number of halogens is 2. The molecule has 0 saturated heterocycles. The third-order valence-corrected chi connectivity index (χ3v) is 5.29. The van der Waals surface area contributed by atoms with Crippen molar-refractivity contribution in [2.24, 2.45) is 0 Å². The number of sulfonamides is 1. The van der Waals surface area contributed by atoms with E-state index < -0.39 is 15.9 Å². The summed E-state index contributed by atoms with van der Waals surface area (Å²) in [6.07, 6.45) is 2.99. The number of carbonyl (C=O) groups is 1. The smallest absolute Gasteiger partial charge is 0.240 e. The molecule has 0 aliphatic carbocycles. The van der Waals surface area contributed by atoms with Gasteiger partial charge in [0.1, 0.15) is 5.82 Å². The van der Waals surface area contributed by atoms with E-state index in [4.69, 9.17) is 11.6 Å². The highest BCUT2D eigenvalue weighted by atomic mass is 79.9.